The van der Waals surface area contributed by atoms with Crippen molar-refractivity contribution in [1.82, 2.24) is 9.97 Å². The molecule has 0 unspecified atom stereocenters. The van der Waals surface area contributed by atoms with E-state index < -0.39 is 24.3 Å². The molecular weight excluding hydrogens is 218 g/mol. The molecule has 86 valence electrons. The van der Waals surface area contributed by atoms with E-state index in [0.29, 0.717) is 0 Å². The van der Waals surface area contributed by atoms with Crippen molar-refractivity contribution in [3.05, 3.63) is 24.3 Å². The van der Waals surface area contributed by atoms with Crippen LogP contribution >= 0.6 is 0 Å². The Bertz CT molecular complexity index is 367. The predicted octanol–water partition coefficient (Wildman–Crippen LogP) is -0.879. The molecule has 0 saturated carbocycles. The second kappa shape index (κ2) is 6.87. The number of carboxylic acid groups (broad SMARTS) is 2. The SMILES string of the molecule is NC(=O)c1cnccn1.O=C(O)CC(=O)O. The molecule has 0 aliphatic rings. The van der Waals surface area contributed by atoms with Crippen LogP contribution in [-0.2, 0) is 9.59 Å². The highest BCUT2D eigenvalue weighted by molar-refractivity contribution is 5.90. The number of carbonyl (C=O) groups excluding carboxylic acids is 1. The number of amides is 1. The first-order chi connectivity index (χ1) is 7.43. The highest BCUT2D eigenvalue weighted by atomic mass is 16.4. The maximum atomic E-state index is 10.3. The molecule has 0 aromatic carbocycles. The number of primary amides is 1. The second-order valence-electron chi connectivity index (χ2n) is 2.42. The van der Waals surface area contributed by atoms with E-state index >= 15 is 0 Å². The van der Waals surface area contributed by atoms with Gasteiger partial charge in [-0.25, -0.2) is 4.98 Å². The molecule has 8 nitrogen and oxygen atoms in total. The standard InChI is InChI=1S/C5H5N3O.C3H4O4/c6-5(9)4-3-7-1-2-8-4;4-2(5)1-3(6)7/h1-3H,(H2,6,9);1H2,(H,4,5)(H,6,7). The van der Waals surface area contributed by atoms with Crippen molar-refractivity contribution in [3.8, 4) is 0 Å². The maximum absolute atomic E-state index is 10.3. The highest BCUT2D eigenvalue weighted by Gasteiger charge is 2.01. The van der Waals surface area contributed by atoms with Crippen molar-refractivity contribution in [2.45, 2.75) is 6.42 Å². The third-order valence-electron chi connectivity index (χ3n) is 1.12. The number of hydrogen-bond donors (Lipinski definition) is 3. The smallest absolute Gasteiger partial charge is 0.314 e. The lowest BCUT2D eigenvalue weighted by Gasteiger charge is -1.87. The van der Waals surface area contributed by atoms with Gasteiger partial charge in [0.1, 0.15) is 12.1 Å². The van der Waals surface area contributed by atoms with E-state index in [1.54, 1.807) is 0 Å². The zero-order valence-electron chi connectivity index (χ0n) is 8.03. The monoisotopic (exact) mass is 227 g/mol. The number of carboxylic acids is 2. The molecule has 16 heavy (non-hydrogen) atoms. The summed E-state index contributed by atoms with van der Waals surface area (Å²) in [6, 6.07) is 0. The van der Waals surface area contributed by atoms with Crippen LogP contribution in [0.2, 0.25) is 0 Å². The van der Waals surface area contributed by atoms with Crippen molar-refractivity contribution in [2.75, 3.05) is 0 Å². The molecule has 0 saturated heterocycles. The number of rotatable bonds is 3. The van der Waals surface area contributed by atoms with Crippen molar-refractivity contribution in [3.63, 3.8) is 0 Å². The van der Waals surface area contributed by atoms with E-state index in [1.807, 2.05) is 0 Å². The van der Waals surface area contributed by atoms with Gasteiger partial charge in [0.25, 0.3) is 5.91 Å². The average Bonchev–Trinajstić information content (AvgIpc) is 2.17. The van der Waals surface area contributed by atoms with E-state index in [4.69, 9.17) is 15.9 Å². The van der Waals surface area contributed by atoms with Gasteiger partial charge in [0.05, 0.1) is 6.20 Å². The molecule has 1 aromatic rings. The molecule has 0 radical (unpaired) electrons. The third kappa shape index (κ3) is 6.95. The second-order valence-corrected chi connectivity index (χ2v) is 2.42. The first-order valence-corrected chi connectivity index (χ1v) is 3.93. The molecule has 1 heterocycles. The summed E-state index contributed by atoms with van der Waals surface area (Å²) in [5.41, 5.74) is 5.06. The Morgan fingerprint density at radius 3 is 1.94 bits per heavy atom. The first kappa shape index (κ1) is 13.5. The lowest BCUT2D eigenvalue weighted by molar-refractivity contribution is -0.147. The molecule has 1 rings (SSSR count). The van der Waals surface area contributed by atoms with Gasteiger partial charge in [-0.1, -0.05) is 0 Å². The minimum atomic E-state index is -1.31. The topological polar surface area (TPSA) is 143 Å². The minimum absolute atomic E-state index is 0.192. The van der Waals surface area contributed by atoms with E-state index in [1.165, 1.54) is 18.6 Å². The van der Waals surface area contributed by atoms with Crippen LogP contribution in [0.15, 0.2) is 18.6 Å². The van der Waals surface area contributed by atoms with Crippen molar-refractivity contribution in [2.24, 2.45) is 5.73 Å². The van der Waals surface area contributed by atoms with Crippen molar-refractivity contribution < 1.29 is 24.6 Å². The van der Waals surface area contributed by atoms with E-state index in [-0.39, 0.29) is 5.69 Å². The molecule has 0 bridgehead atoms. The van der Waals surface area contributed by atoms with Crippen molar-refractivity contribution >= 4 is 17.8 Å². The average molecular weight is 227 g/mol. The van der Waals surface area contributed by atoms with Crippen LogP contribution in [0.5, 0.6) is 0 Å². The number of carbonyl (C=O) groups is 3. The highest BCUT2D eigenvalue weighted by Crippen LogP contribution is 1.84. The van der Waals surface area contributed by atoms with Gasteiger partial charge in [-0.05, 0) is 0 Å². The van der Waals surface area contributed by atoms with Crippen LogP contribution in [0.4, 0.5) is 0 Å². The summed E-state index contributed by atoms with van der Waals surface area (Å²) < 4.78 is 0. The summed E-state index contributed by atoms with van der Waals surface area (Å²) in [5.74, 6) is -3.18. The normalized spacial score (nSPS) is 8.50. The Hall–Kier alpha value is -2.51. The van der Waals surface area contributed by atoms with Gasteiger partial charge in [-0.3, -0.25) is 19.4 Å². The Morgan fingerprint density at radius 2 is 1.75 bits per heavy atom. The molecule has 0 spiro atoms. The summed E-state index contributed by atoms with van der Waals surface area (Å²) >= 11 is 0. The first-order valence-electron chi connectivity index (χ1n) is 3.93. The van der Waals surface area contributed by atoms with Gasteiger partial charge >= 0.3 is 11.9 Å². The van der Waals surface area contributed by atoms with E-state index in [0.717, 1.165) is 0 Å². The zero-order chi connectivity index (χ0) is 12.6. The van der Waals surface area contributed by atoms with Gasteiger partial charge in [0, 0.05) is 12.4 Å². The van der Waals surface area contributed by atoms with Gasteiger partial charge in [-0.15, -0.1) is 0 Å². The van der Waals surface area contributed by atoms with Gasteiger partial charge in [0.15, 0.2) is 0 Å². The van der Waals surface area contributed by atoms with E-state index in [9.17, 15) is 14.4 Å². The fourth-order valence-corrected chi connectivity index (χ4v) is 0.556. The zero-order valence-corrected chi connectivity index (χ0v) is 8.03. The van der Waals surface area contributed by atoms with Gasteiger partial charge in [-0.2, -0.15) is 0 Å². The number of hydrogen-bond acceptors (Lipinski definition) is 5. The summed E-state index contributed by atoms with van der Waals surface area (Å²) in [6.07, 6.45) is 3.41. The van der Waals surface area contributed by atoms with Crippen molar-refractivity contribution in [1.29, 1.82) is 0 Å². The molecule has 1 aromatic heterocycles. The quantitative estimate of drug-likeness (QED) is 0.568. The molecule has 1 amide bonds. The Labute approximate surface area is 89.7 Å². The fourth-order valence-electron chi connectivity index (χ4n) is 0.556. The van der Waals surface area contributed by atoms with Crippen LogP contribution in [0.25, 0.3) is 0 Å². The van der Waals surface area contributed by atoms with Crippen LogP contribution in [0, 0.1) is 0 Å². The van der Waals surface area contributed by atoms with Crippen LogP contribution in [-0.4, -0.2) is 38.0 Å². The lowest BCUT2D eigenvalue weighted by Crippen LogP contribution is -2.12. The molecule has 0 aliphatic heterocycles. The summed E-state index contributed by atoms with van der Waals surface area (Å²) in [6.45, 7) is 0. The number of aromatic nitrogens is 2. The number of nitrogens with two attached hydrogens (primary N) is 1. The Morgan fingerprint density at radius 1 is 1.19 bits per heavy atom. The van der Waals surface area contributed by atoms with E-state index in [2.05, 4.69) is 9.97 Å². The summed E-state index contributed by atoms with van der Waals surface area (Å²) in [5, 5.41) is 15.4. The molecule has 8 heteroatoms. The summed E-state index contributed by atoms with van der Waals surface area (Å²) in [7, 11) is 0. The number of aliphatic carboxylic acids is 2. The lowest BCUT2D eigenvalue weighted by atomic mass is 10.4. The molecular formula is C8H9N3O5. The third-order valence-corrected chi connectivity index (χ3v) is 1.12. The fraction of sp³-hybridized carbons (Fsp3) is 0.125. The predicted molar refractivity (Wildman–Crippen MR) is 50.4 cm³/mol. The molecule has 4 N–H and O–H groups in total. The Kier molecular flexibility index (Phi) is 5.79. The van der Waals surface area contributed by atoms with Crippen LogP contribution in [0.1, 0.15) is 16.9 Å². The van der Waals surface area contributed by atoms with Crippen LogP contribution in [0.3, 0.4) is 0 Å². The summed E-state index contributed by atoms with van der Waals surface area (Å²) in [4.78, 5) is 36.5. The molecule has 0 fully saturated rings. The largest absolute Gasteiger partial charge is 0.481 e. The van der Waals surface area contributed by atoms with Crippen LogP contribution < -0.4 is 5.73 Å². The molecule has 0 atom stereocenters. The Balaban J connectivity index is 0.000000293. The number of nitrogens with zero attached hydrogens (tertiary/aromatic N) is 2. The minimum Gasteiger partial charge on any atom is -0.481 e. The maximum Gasteiger partial charge on any atom is 0.314 e. The molecule has 0 aliphatic carbocycles. The van der Waals surface area contributed by atoms with Gasteiger partial charge < -0.3 is 15.9 Å². The van der Waals surface area contributed by atoms with Gasteiger partial charge in [0.2, 0.25) is 0 Å².